The van der Waals surface area contributed by atoms with E-state index in [1.165, 1.54) is 0 Å². The first-order valence-electron chi connectivity index (χ1n) is 6.48. The van der Waals surface area contributed by atoms with Crippen molar-refractivity contribution in [3.63, 3.8) is 0 Å². The van der Waals surface area contributed by atoms with Crippen LogP contribution in [0.4, 0.5) is 5.69 Å². The molecule has 2 aromatic rings. The van der Waals surface area contributed by atoms with E-state index in [0.29, 0.717) is 6.61 Å². The first-order valence-corrected chi connectivity index (χ1v) is 6.48. The molecule has 0 aliphatic heterocycles. The Balaban J connectivity index is 2.16. The van der Waals surface area contributed by atoms with Gasteiger partial charge >= 0.3 is 0 Å². The summed E-state index contributed by atoms with van der Waals surface area (Å²) in [4.78, 5) is 0. The number of anilines is 1. The first kappa shape index (κ1) is 14.0. The molecule has 0 fully saturated rings. The minimum Gasteiger partial charge on any atom is -0.496 e. The van der Waals surface area contributed by atoms with Crippen molar-refractivity contribution in [2.24, 2.45) is 0 Å². The van der Waals surface area contributed by atoms with Crippen LogP contribution >= 0.6 is 0 Å². The molecule has 0 aliphatic rings. The molecule has 2 aromatic carbocycles. The highest BCUT2D eigenvalue weighted by Gasteiger charge is 2.06. The summed E-state index contributed by atoms with van der Waals surface area (Å²) in [6.07, 6.45) is 2.57. The van der Waals surface area contributed by atoms with E-state index >= 15 is 0 Å². The average molecular weight is 269 g/mol. The van der Waals surface area contributed by atoms with Crippen molar-refractivity contribution in [3.8, 4) is 11.5 Å². The molecule has 0 aromatic heterocycles. The molecule has 0 aliphatic carbocycles. The van der Waals surface area contributed by atoms with Gasteiger partial charge in [0.2, 0.25) is 0 Å². The zero-order chi connectivity index (χ0) is 14.4. The molecule has 0 atom stereocenters. The molecule has 20 heavy (non-hydrogen) atoms. The van der Waals surface area contributed by atoms with Crippen LogP contribution in [0.1, 0.15) is 11.1 Å². The lowest BCUT2D eigenvalue weighted by atomic mass is 10.1. The Bertz CT molecular complexity index is 593. The number of para-hydroxylation sites is 1. The molecule has 0 saturated carbocycles. The third-order valence-corrected chi connectivity index (χ3v) is 3.02. The number of allylic oxidation sites excluding steroid dienone is 1. The van der Waals surface area contributed by atoms with Crippen molar-refractivity contribution >= 4 is 5.69 Å². The lowest BCUT2D eigenvalue weighted by Gasteiger charge is -2.13. The van der Waals surface area contributed by atoms with Gasteiger partial charge in [-0.1, -0.05) is 24.3 Å². The number of ether oxygens (including phenoxy) is 2. The predicted octanol–water partition coefficient (Wildman–Crippen LogP) is 3.58. The summed E-state index contributed by atoms with van der Waals surface area (Å²) in [7, 11) is 1.66. The van der Waals surface area contributed by atoms with Crippen molar-refractivity contribution in [3.05, 3.63) is 66.2 Å². The van der Waals surface area contributed by atoms with Crippen LogP contribution in [0.5, 0.6) is 11.5 Å². The smallest absolute Gasteiger partial charge is 0.125 e. The van der Waals surface area contributed by atoms with Crippen LogP contribution in [-0.2, 0) is 13.0 Å². The summed E-state index contributed by atoms with van der Waals surface area (Å²) in [5.74, 6) is 1.65. The second kappa shape index (κ2) is 6.66. The molecule has 0 amide bonds. The van der Waals surface area contributed by atoms with Gasteiger partial charge in [-0.2, -0.15) is 0 Å². The van der Waals surface area contributed by atoms with Crippen molar-refractivity contribution < 1.29 is 9.47 Å². The Morgan fingerprint density at radius 3 is 2.65 bits per heavy atom. The summed E-state index contributed by atoms with van der Waals surface area (Å²) in [6, 6.07) is 13.5. The quantitative estimate of drug-likeness (QED) is 0.644. The van der Waals surface area contributed by atoms with Crippen LogP contribution in [-0.4, -0.2) is 7.11 Å². The molecule has 2 N–H and O–H groups in total. The maximum atomic E-state index is 5.89. The van der Waals surface area contributed by atoms with Crippen molar-refractivity contribution in [1.82, 2.24) is 0 Å². The van der Waals surface area contributed by atoms with Crippen LogP contribution in [0.25, 0.3) is 0 Å². The molecule has 3 nitrogen and oxygen atoms in total. The van der Waals surface area contributed by atoms with Gasteiger partial charge in [0, 0.05) is 11.3 Å². The van der Waals surface area contributed by atoms with E-state index in [0.717, 1.165) is 34.7 Å². The molecular formula is C17H19NO2. The summed E-state index contributed by atoms with van der Waals surface area (Å²) in [5.41, 5.74) is 8.58. The Morgan fingerprint density at radius 1 is 1.10 bits per heavy atom. The Hall–Kier alpha value is -2.42. The monoisotopic (exact) mass is 269 g/mol. The van der Waals surface area contributed by atoms with Crippen LogP contribution in [0, 0.1) is 0 Å². The SMILES string of the molecule is C=CCc1cc(N)ccc1OCc1ccccc1OC. The normalized spacial score (nSPS) is 10.1. The van der Waals surface area contributed by atoms with E-state index in [2.05, 4.69) is 6.58 Å². The van der Waals surface area contributed by atoms with Crippen molar-refractivity contribution in [1.29, 1.82) is 0 Å². The number of benzene rings is 2. The Kier molecular flexibility index (Phi) is 4.66. The highest BCUT2D eigenvalue weighted by molar-refractivity contribution is 5.48. The van der Waals surface area contributed by atoms with E-state index in [1.807, 2.05) is 48.5 Å². The van der Waals surface area contributed by atoms with Gasteiger partial charge in [-0.05, 0) is 36.2 Å². The third-order valence-electron chi connectivity index (χ3n) is 3.02. The van der Waals surface area contributed by atoms with Gasteiger partial charge < -0.3 is 15.2 Å². The summed E-state index contributed by atoms with van der Waals surface area (Å²) < 4.78 is 11.2. The van der Waals surface area contributed by atoms with E-state index in [9.17, 15) is 0 Å². The molecule has 0 saturated heterocycles. The third kappa shape index (κ3) is 3.32. The second-order valence-electron chi connectivity index (χ2n) is 4.46. The Labute approximate surface area is 119 Å². The number of nitrogens with two attached hydrogens (primary N) is 1. The predicted molar refractivity (Wildman–Crippen MR) is 82.1 cm³/mol. The second-order valence-corrected chi connectivity index (χ2v) is 4.46. The van der Waals surface area contributed by atoms with Crippen molar-refractivity contribution in [2.75, 3.05) is 12.8 Å². The molecule has 0 unspecified atom stereocenters. The zero-order valence-corrected chi connectivity index (χ0v) is 11.6. The molecular weight excluding hydrogens is 250 g/mol. The van der Waals surface area contributed by atoms with Crippen LogP contribution in [0.3, 0.4) is 0 Å². The average Bonchev–Trinajstić information content (AvgIpc) is 2.47. The molecule has 104 valence electrons. The lowest BCUT2D eigenvalue weighted by molar-refractivity contribution is 0.294. The van der Waals surface area contributed by atoms with Gasteiger partial charge in [-0.25, -0.2) is 0 Å². The number of methoxy groups -OCH3 is 1. The topological polar surface area (TPSA) is 44.5 Å². The van der Waals surface area contributed by atoms with Gasteiger partial charge in [0.05, 0.1) is 7.11 Å². The highest BCUT2D eigenvalue weighted by Crippen LogP contribution is 2.25. The highest BCUT2D eigenvalue weighted by atomic mass is 16.5. The number of nitrogen functional groups attached to an aromatic ring is 1. The molecule has 3 heteroatoms. The van der Waals surface area contributed by atoms with Crippen LogP contribution in [0.2, 0.25) is 0 Å². The molecule has 0 bridgehead atoms. The molecule has 0 heterocycles. The zero-order valence-electron chi connectivity index (χ0n) is 11.6. The summed E-state index contributed by atoms with van der Waals surface area (Å²) in [5, 5.41) is 0. The summed E-state index contributed by atoms with van der Waals surface area (Å²) >= 11 is 0. The molecule has 2 rings (SSSR count). The number of rotatable bonds is 6. The fourth-order valence-corrected chi connectivity index (χ4v) is 2.03. The molecule has 0 spiro atoms. The van der Waals surface area contributed by atoms with E-state index < -0.39 is 0 Å². The fraction of sp³-hybridized carbons (Fsp3) is 0.176. The van der Waals surface area contributed by atoms with Crippen LogP contribution < -0.4 is 15.2 Å². The largest absolute Gasteiger partial charge is 0.496 e. The van der Waals surface area contributed by atoms with Crippen molar-refractivity contribution in [2.45, 2.75) is 13.0 Å². The number of hydrogen-bond acceptors (Lipinski definition) is 3. The van der Waals surface area contributed by atoms with E-state index in [4.69, 9.17) is 15.2 Å². The van der Waals surface area contributed by atoms with E-state index in [-0.39, 0.29) is 0 Å². The fourth-order valence-electron chi connectivity index (χ4n) is 2.03. The minimum absolute atomic E-state index is 0.456. The van der Waals surface area contributed by atoms with Gasteiger partial charge in [-0.15, -0.1) is 6.58 Å². The maximum Gasteiger partial charge on any atom is 0.125 e. The summed E-state index contributed by atoms with van der Waals surface area (Å²) in [6.45, 7) is 4.21. The molecule has 0 radical (unpaired) electrons. The Morgan fingerprint density at radius 2 is 1.90 bits per heavy atom. The van der Waals surface area contributed by atoms with Gasteiger partial charge in [0.1, 0.15) is 18.1 Å². The van der Waals surface area contributed by atoms with Gasteiger partial charge in [-0.3, -0.25) is 0 Å². The minimum atomic E-state index is 0.456. The maximum absolute atomic E-state index is 5.89. The van der Waals surface area contributed by atoms with E-state index in [1.54, 1.807) is 7.11 Å². The lowest BCUT2D eigenvalue weighted by Crippen LogP contribution is -2.01. The van der Waals surface area contributed by atoms with Crippen LogP contribution in [0.15, 0.2) is 55.1 Å². The first-order chi connectivity index (χ1) is 9.74. The number of hydrogen-bond donors (Lipinski definition) is 1. The van der Waals surface area contributed by atoms with Gasteiger partial charge in [0.25, 0.3) is 0 Å². The standard InChI is InChI=1S/C17H19NO2/c1-3-6-13-11-15(18)9-10-17(13)20-12-14-7-4-5-8-16(14)19-2/h3-5,7-11H,1,6,12,18H2,2H3. The van der Waals surface area contributed by atoms with Gasteiger partial charge in [0.15, 0.2) is 0 Å².